The number of thiophene rings is 1. The van der Waals surface area contributed by atoms with Gasteiger partial charge in [-0.05, 0) is 17.9 Å². The van der Waals surface area contributed by atoms with E-state index in [0.29, 0.717) is 6.42 Å². The van der Waals surface area contributed by atoms with Crippen molar-refractivity contribution in [3.8, 4) is 0 Å². The minimum Gasteiger partial charge on any atom is -0.481 e. The van der Waals surface area contributed by atoms with Crippen LogP contribution >= 0.6 is 11.3 Å². The van der Waals surface area contributed by atoms with Crippen LogP contribution < -0.4 is 0 Å². The Bertz CT molecular complexity index is 345. The summed E-state index contributed by atoms with van der Waals surface area (Å²) in [5.74, 6) is -2.87. The van der Waals surface area contributed by atoms with Crippen LogP contribution in [0.5, 0.6) is 0 Å². The minimum absolute atomic E-state index is 0.204. The van der Waals surface area contributed by atoms with Gasteiger partial charge in [0.25, 0.3) is 0 Å². The van der Waals surface area contributed by atoms with Crippen LogP contribution in [0.1, 0.15) is 18.2 Å². The van der Waals surface area contributed by atoms with Crippen molar-refractivity contribution >= 4 is 23.3 Å². The van der Waals surface area contributed by atoms with Crippen LogP contribution in [0.2, 0.25) is 0 Å². The standard InChI is InChI=1S/C11H14O4S/c1-2-5-15-11(14)9(10(12)13)7-8-4-3-6-16-8/h3-4,6,9H,2,5,7H2,1H3,(H,12,13)/t9-/m0/s1. The molecule has 0 spiro atoms. The Morgan fingerprint density at radius 3 is 2.81 bits per heavy atom. The molecule has 4 nitrogen and oxygen atoms in total. The maximum absolute atomic E-state index is 11.5. The van der Waals surface area contributed by atoms with Crippen molar-refractivity contribution in [1.82, 2.24) is 0 Å². The Morgan fingerprint density at radius 1 is 1.56 bits per heavy atom. The lowest BCUT2D eigenvalue weighted by Gasteiger charge is -2.10. The maximum Gasteiger partial charge on any atom is 0.320 e. The molecule has 1 N–H and O–H groups in total. The van der Waals surface area contributed by atoms with Crippen LogP contribution in [-0.2, 0) is 20.7 Å². The average molecular weight is 242 g/mol. The molecule has 1 atom stereocenters. The summed E-state index contributed by atoms with van der Waals surface area (Å²) in [4.78, 5) is 23.3. The van der Waals surface area contributed by atoms with Gasteiger partial charge in [0.1, 0.15) is 0 Å². The zero-order chi connectivity index (χ0) is 12.0. The van der Waals surface area contributed by atoms with Crippen molar-refractivity contribution < 1.29 is 19.4 Å². The van der Waals surface area contributed by atoms with Crippen molar-refractivity contribution in [2.75, 3.05) is 6.61 Å². The molecular weight excluding hydrogens is 228 g/mol. The highest BCUT2D eigenvalue weighted by Crippen LogP contribution is 2.16. The van der Waals surface area contributed by atoms with Crippen LogP contribution in [0, 0.1) is 5.92 Å². The predicted octanol–water partition coefficient (Wildman–Crippen LogP) is 1.94. The van der Waals surface area contributed by atoms with E-state index in [4.69, 9.17) is 9.84 Å². The summed E-state index contributed by atoms with van der Waals surface area (Å²) in [7, 11) is 0. The predicted molar refractivity (Wildman–Crippen MR) is 60.4 cm³/mol. The van der Waals surface area contributed by atoms with E-state index in [-0.39, 0.29) is 13.0 Å². The van der Waals surface area contributed by atoms with Gasteiger partial charge >= 0.3 is 11.9 Å². The maximum atomic E-state index is 11.5. The van der Waals surface area contributed by atoms with Crippen molar-refractivity contribution in [1.29, 1.82) is 0 Å². The molecular formula is C11H14O4S. The lowest BCUT2D eigenvalue weighted by atomic mass is 10.1. The molecule has 5 heteroatoms. The molecule has 1 aromatic heterocycles. The van der Waals surface area contributed by atoms with Gasteiger partial charge in [-0.1, -0.05) is 13.0 Å². The molecule has 0 amide bonds. The Labute approximate surface area is 97.9 Å². The second-order valence-corrected chi connectivity index (χ2v) is 4.37. The first-order valence-electron chi connectivity index (χ1n) is 5.07. The van der Waals surface area contributed by atoms with E-state index < -0.39 is 17.9 Å². The lowest BCUT2D eigenvalue weighted by molar-refractivity contribution is -0.158. The summed E-state index contributed by atoms with van der Waals surface area (Å²) in [6.07, 6.45) is 0.895. The topological polar surface area (TPSA) is 63.6 Å². The highest BCUT2D eigenvalue weighted by Gasteiger charge is 2.28. The highest BCUT2D eigenvalue weighted by atomic mass is 32.1. The van der Waals surface area contributed by atoms with E-state index in [1.807, 2.05) is 24.4 Å². The Balaban J connectivity index is 2.60. The van der Waals surface area contributed by atoms with Gasteiger partial charge in [0.15, 0.2) is 5.92 Å². The first-order valence-corrected chi connectivity index (χ1v) is 5.95. The fourth-order valence-electron chi connectivity index (χ4n) is 1.20. The number of carbonyl (C=O) groups is 2. The van der Waals surface area contributed by atoms with Gasteiger partial charge in [0.05, 0.1) is 6.61 Å². The number of aliphatic carboxylic acids is 1. The van der Waals surface area contributed by atoms with E-state index in [2.05, 4.69) is 0 Å². The fourth-order valence-corrected chi connectivity index (χ4v) is 1.96. The van der Waals surface area contributed by atoms with Crippen LogP contribution in [0.25, 0.3) is 0 Å². The van der Waals surface area contributed by atoms with Crippen molar-refractivity contribution in [2.24, 2.45) is 5.92 Å². The van der Waals surface area contributed by atoms with Crippen LogP contribution in [0.3, 0.4) is 0 Å². The van der Waals surface area contributed by atoms with E-state index in [1.165, 1.54) is 11.3 Å². The number of ether oxygens (including phenoxy) is 1. The summed E-state index contributed by atoms with van der Waals surface area (Å²) < 4.78 is 4.85. The number of rotatable bonds is 6. The second kappa shape index (κ2) is 6.27. The Kier molecular flexibility index (Phi) is 4.98. The van der Waals surface area contributed by atoms with Crippen LogP contribution in [0.15, 0.2) is 17.5 Å². The van der Waals surface area contributed by atoms with Gasteiger partial charge in [0, 0.05) is 11.3 Å². The molecule has 0 saturated heterocycles. The van der Waals surface area contributed by atoms with E-state index in [1.54, 1.807) is 0 Å². The Hall–Kier alpha value is -1.36. The quantitative estimate of drug-likeness (QED) is 0.611. The van der Waals surface area contributed by atoms with E-state index in [9.17, 15) is 9.59 Å². The third kappa shape index (κ3) is 3.66. The lowest BCUT2D eigenvalue weighted by Crippen LogP contribution is -2.27. The largest absolute Gasteiger partial charge is 0.481 e. The SMILES string of the molecule is CCCOC(=O)[C@@H](Cc1cccs1)C(=O)O. The number of carbonyl (C=O) groups excluding carboxylic acids is 1. The normalized spacial score (nSPS) is 12.1. The van der Waals surface area contributed by atoms with Crippen molar-refractivity contribution in [3.05, 3.63) is 22.4 Å². The zero-order valence-corrected chi connectivity index (χ0v) is 9.83. The summed E-state index contributed by atoms with van der Waals surface area (Å²) in [6.45, 7) is 2.13. The molecule has 0 bridgehead atoms. The summed E-state index contributed by atoms with van der Waals surface area (Å²) in [6, 6.07) is 3.64. The summed E-state index contributed by atoms with van der Waals surface area (Å²) in [5.41, 5.74) is 0. The third-order valence-corrected chi connectivity index (χ3v) is 2.92. The zero-order valence-electron chi connectivity index (χ0n) is 9.01. The molecule has 0 radical (unpaired) electrons. The highest BCUT2D eigenvalue weighted by molar-refractivity contribution is 7.09. The number of esters is 1. The Morgan fingerprint density at radius 2 is 2.31 bits per heavy atom. The first kappa shape index (κ1) is 12.7. The fraction of sp³-hybridized carbons (Fsp3) is 0.455. The molecule has 0 aliphatic rings. The second-order valence-electron chi connectivity index (χ2n) is 3.34. The molecule has 1 rings (SSSR count). The van der Waals surface area contributed by atoms with Crippen molar-refractivity contribution in [3.63, 3.8) is 0 Å². The molecule has 0 fully saturated rings. The molecule has 0 saturated carbocycles. The monoisotopic (exact) mass is 242 g/mol. The summed E-state index contributed by atoms with van der Waals surface area (Å²) >= 11 is 1.44. The van der Waals surface area contributed by atoms with Crippen molar-refractivity contribution in [2.45, 2.75) is 19.8 Å². The molecule has 16 heavy (non-hydrogen) atoms. The third-order valence-electron chi connectivity index (χ3n) is 2.02. The van der Waals surface area contributed by atoms with Crippen LogP contribution in [0.4, 0.5) is 0 Å². The van der Waals surface area contributed by atoms with Gasteiger partial charge in [-0.25, -0.2) is 0 Å². The molecule has 1 heterocycles. The van der Waals surface area contributed by atoms with Gasteiger partial charge < -0.3 is 9.84 Å². The average Bonchev–Trinajstić information content (AvgIpc) is 2.74. The number of hydrogen-bond acceptors (Lipinski definition) is 4. The first-order chi connectivity index (χ1) is 7.65. The van der Waals surface area contributed by atoms with Gasteiger partial charge in [-0.3, -0.25) is 9.59 Å². The number of carboxylic acid groups (broad SMARTS) is 1. The minimum atomic E-state index is -1.13. The smallest absolute Gasteiger partial charge is 0.320 e. The van der Waals surface area contributed by atoms with E-state index >= 15 is 0 Å². The molecule has 0 aromatic carbocycles. The van der Waals surface area contributed by atoms with E-state index in [0.717, 1.165) is 4.88 Å². The molecule has 1 aromatic rings. The summed E-state index contributed by atoms with van der Waals surface area (Å²) in [5, 5.41) is 10.8. The molecule has 0 aliphatic heterocycles. The number of hydrogen-bond donors (Lipinski definition) is 1. The van der Waals surface area contributed by atoms with Crippen LogP contribution in [-0.4, -0.2) is 23.7 Å². The van der Waals surface area contributed by atoms with Gasteiger partial charge in [-0.2, -0.15) is 0 Å². The van der Waals surface area contributed by atoms with Gasteiger partial charge in [0.2, 0.25) is 0 Å². The molecule has 0 unspecified atom stereocenters. The number of carboxylic acids is 1. The molecule has 88 valence electrons. The molecule has 0 aliphatic carbocycles. The van der Waals surface area contributed by atoms with Gasteiger partial charge in [-0.15, -0.1) is 11.3 Å².